The van der Waals surface area contributed by atoms with E-state index in [1.807, 2.05) is 0 Å². The molecule has 1 saturated carbocycles. The molecule has 0 saturated heterocycles. The van der Waals surface area contributed by atoms with Gasteiger partial charge in [0.2, 0.25) is 0 Å². The molecule has 1 atom stereocenters. The summed E-state index contributed by atoms with van der Waals surface area (Å²) in [6.45, 7) is 0.266. The van der Waals surface area contributed by atoms with Crippen molar-refractivity contribution in [1.82, 2.24) is 5.32 Å². The topological polar surface area (TPSA) is 62.5 Å². The number of rotatable bonds is 4. The second-order valence-electron chi connectivity index (χ2n) is 3.72. The number of furan rings is 1. The van der Waals surface area contributed by atoms with Crippen LogP contribution in [0.4, 0.5) is 0 Å². The second kappa shape index (κ2) is 4.24. The average molecular weight is 230 g/mol. The number of carbonyl (C=O) groups is 1. The molecule has 1 heterocycles. The molecule has 0 aromatic carbocycles. The second-order valence-corrected chi connectivity index (χ2v) is 4.09. The normalized spacial score (nSPS) is 17.5. The summed E-state index contributed by atoms with van der Waals surface area (Å²) in [7, 11) is 0. The minimum Gasteiger partial charge on any atom is -0.440 e. The van der Waals surface area contributed by atoms with E-state index in [1.165, 1.54) is 12.1 Å². The van der Waals surface area contributed by atoms with Crippen LogP contribution in [-0.4, -0.2) is 23.7 Å². The Kier molecular flexibility index (Phi) is 2.98. The lowest BCUT2D eigenvalue weighted by atomic mass is 10.2. The van der Waals surface area contributed by atoms with E-state index < -0.39 is 6.10 Å². The Morgan fingerprint density at radius 1 is 1.67 bits per heavy atom. The molecule has 5 heteroatoms. The molecule has 1 amide bonds. The van der Waals surface area contributed by atoms with Crippen molar-refractivity contribution in [3.63, 3.8) is 0 Å². The van der Waals surface area contributed by atoms with E-state index in [-0.39, 0.29) is 23.4 Å². The molecule has 0 bridgehead atoms. The Morgan fingerprint density at radius 2 is 2.40 bits per heavy atom. The van der Waals surface area contributed by atoms with E-state index in [4.69, 9.17) is 16.0 Å². The highest BCUT2D eigenvalue weighted by Crippen LogP contribution is 2.32. The summed E-state index contributed by atoms with van der Waals surface area (Å²) in [5, 5.41) is 12.3. The van der Waals surface area contributed by atoms with Gasteiger partial charge in [0.05, 0.1) is 6.10 Å². The van der Waals surface area contributed by atoms with Gasteiger partial charge in [-0.3, -0.25) is 4.79 Å². The first-order chi connectivity index (χ1) is 7.16. The summed E-state index contributed by atoms with van der Waals surface area (Å²) < 4.78 is 4.93. The Balaban J connectivity index is 1.81. The summed E-state index contributed by atoms with van der Waals surface area (Å²) >= 11 is 5.53. The molecule has 4 nitrogen and oxygen atoms in total. The summed E-state index contributed by atoms with van der Waals surface area (Å²) in [4.78, 5) is 11.4. The zero-order valence-electron chi connectivity index (χ0n) is 8.07. The molecule has 2 rings (SSSR count). The molecule has 1 fully saturated rings. The number of amides is 1. The van der Waals surface area contributed by atoms with Crippen LogP contribution in [0.25, 0.3) is 0 Å². The van der Waals surface area contributed by atoms with E-state index in [2.05, 4.69) is 5.32 Å². The average Bonchev–Trinajstić information content (AvgIpc) is 2.97. The third-order valence-electron chi connectivity index (χ3n) is 2.43. The van der Waals surface area contributed by atoms with Crippen LogP contribution in [0, 0.1) is 5.92 Å². The van der Waals surface area contributed by atoms with E-state index in [1.54, 1.807) is 0 Å². The molecule has 1 aliphatic carbocycles. The molecular formula is C10H12ClNO3. The zero-order valence-corrected chi connectivity index (χ0v) is 8.83. The molecule has 0 radical (unpaired) electrons. The maximum atomic E-state index is 11.4. The van der Waals surface area contributed by atoms with Gasteiger partial charge in [0.25, 0.3) is 5.91 Å². The monoisotopic (exact) mass is 229 g/mol. The molecular weight excluding hydrogens is 218 g/mol. The van der Waals surface area contributed by atoms with Gasteiger partial charge in [-0.1, -0.05) is 0 Å². The fourth-order valence-electron chi connectivity index (χ4n) is 1.37. The van der Waals surface area contributed by atoms with E-state index >= 15 is 0 Å². The van der Waals surface area contributed by atoms with Crippen molar-refractivity contribution in [2.75, 3.05) is 6.54 Å². The molecule has 1 aromatic rings. The van der Waals surface area contributed by atoms with Crippen LogP contribution >= 0.6 is 11.6 Å². The fourth-order valence-corrected chi connectivity index (χ4v) is 1.51. The Labute approximate surface area is 92.2 Å². The van der Waals surface area contributed by atoms with Crippen molar-refractivity contribution in [1.29, 1.82) is 0 Å². The van der Waals surface area contributed by atoms with Gasteiger partial charge in [-0.05, 0) is 42.5 Å². The van der Waals surface area contributed by atoms with Crippen LogP contribution in [0.2, 0.25) is 5.22 Å². The first kappa shape index (κ1) is 10.5. The number of carbonyl (C=O) groups excluding carboxylic acids is 1. The van der Waals surface area contributed by atoms with Gasteiger partial charge in [-0.2, -0.15) is 0 Å². The van der Waals surface area contributed by atoms with Gasteiger partial charge < -0.3 is 14.8 Å². The van der Waals surface area contributed by atoms with Crippen molar-refractivity contribution < 1.29 is 14.3 Å². The number of hydrogen-bond donors (Lipinski definition) is 2. The highest BCUT2D eigenvalue weighted by molar-refractivity contribution is 6.29. The van der Waals surface area contributed by atoms with Gasteiger partial charge in [0.1, 0.15) is 0 Å². The number of hydrogen-bond acceptors (Lipinski definition) is 3. The first-order valence-corrected chi connectivity index (χ1v) is 5.26. The Bertz CT molecular complexity index is 359. The number of aliphatic hydroxyl groups is 1. The van der Waals surface area contributed by atoms with Gasteiger partial charge in [0, 0.05) is 6.54 Å². The maximum absolute atomic E-state index is 11.4. The van der Waals surface area contributed by atoms with Crippen LogP contribution in [-0.2, 0) is 0 Å². The highest BCUT2D eigenvalue weighted by atomic mass is 35.5. The lowest BCUT2D eigenvalue weighted by Gasteiger charge is -2.09. The van der Waals surface area contributed by atoms with Gasteiger partial charge >= 0.3 is 0 Å². The summed E-state index contributed by atoms with van der Waals surface area (Å²) in [5.41, 5.74) is 0. The lowest BCUT2D eigenvalue weighted by Crippen LogP contribution is -2.32. The van der Waals surface area contributed by atoms with Crippen molar-refractivity contribution in [3.05, 3.63) is 23.1 Å². The smallest absolute Gasteiger partial charge is 0.287 e. The van der Waals surface area contributed by atoms with Gasteiger partial charge in [-0.15, -0.1) is 0 Å². The number of halogens is 1. The van der Waals surface area contributed by atoms with Crippen LogP contribution in [0.1, 0.15) is 23.4 Å². The molecule has 0 aliphatic heterocycles. The summed E-state index contributed by atoms with van der Waals surface area (Å²) in [5.74, 6) is 0.176. The standard InChI is InChI=1S/C10H12ClNO3/c11-9-4-3-8(15-9)10(14)12-5-7(13)6-1-2-6/h3-4,6-7,13H,1-2,5H2,(H,12,14). The molecule has 1 unspecified atom stereocenters. The third-order valence-corrected chi connectivity index (χ3v) is 2.64. The predicted molar refractivity (Wildman–Crippen MR) is 54.8 cm³/mol. The quantitative estimate of drug-likeness (QED) is 0.821. The first-order valence-electron chi connectivity index (χ1n) is 4.88. The largest absolute Gasteiger partial charge is 0.440 e. The minimum atomic E-state index is -0.445. The van der Waals surface area contributed by atoms with Crippen molar-refractivity contribution in [2.24, 2.45) is 5.92 Å². The van der Waals surface area contributed by atoms with Gasteiger partial charge in [-0.25, -0.2) is 0 Å². The minimum absolute atomic E-state index is 0.169. The predicted octanol–water partition coefficient (Wildman–Crippen LogP) is 1.43. The van der Waals surface area contributed by atoms with Gasteiger partial charge in [0.15, 0.2) is 11.0 Å². The van der Waals surface area contributed by atoms with E-state index in [0.29, 0.717) is 5.92 Å². The number of aliphatic hydroxyl groups excluding tert-OH is 1. The fraction of sp³-hybridized carbons (Fsp3) is 0.500. The molecule has 1 aliphatic rings. The molecule has 0 spiro atoms. The lowest BCUT2D eigenvalue weighted by molar-refractivity contribution is 0.0874. The number of nitrogens with one attached hydrogen (secondary N) is 1. The van der Waals surface area contributed by atoms with E-state index in [0.717, 1.165) is 12.8 Å². The molecule has 1 aromatic heterocycles. The summed E-state index contributed by atoms with van der Waals surface area (Å²) in [6, 6.07) is 3.01. The van der Waals surface area contributed by atoms with Crippen molar-refractivity contribution in [2.45, 2.75) is 18.9 Å². The molecule has 15 heavy (non-hydrogen) atoms. The zero-order chi connectivity index (χ0) is 10.8. The van der Waals surface area contributed by atoms with Crippen LogP contribution < -0.4 is 5.32 Å². The SMILES string of the molecule is O=C(NCC(O)C1CC1)c1ccc(Cl)o1. The van der Waals surface area contributed by atoms with Crippen LogP contribution in [0.15, 0.2) is 16.5 Å². The van der Waals surface area contributed by atoms with E-state index in [9.17, 15) is 9.90 Å². The van der Waals surface area contributed by atoms with Crippen molar-refractivity contribution in [3.8, 4) is 0 Å². The maximum Gasteiger partial charge on any atom is 0.287 e. The van der Waals surface area contributed by atoms with Crippen LogP contribution in [0.3, 0.4) is 0 Å². The molecule has 2 N–H and O–H groups in total. The third kappa shape index (κ3) is 2.73. The Morgan fingerprint density at radius 3 is 2.93 bits per heavy atom. The Hall–Kier alpha value is -1.00. The molecule has 82 valence electrons. The highest BCUT2D eigenvalue weighted by Gasteiger charge is 2.29. The van der Waals surface area contributed by atoms with Crippen LogP contribution in [0.5, 0.6) is 0 Å². The summed E-state index contributed by atoms with van der Waals surface area (Å²) in [6.07, 6.45) is 1.65. The van der Waals surface area contributed by atoms with Crippen molar-refractivity contribution >= 4 is 17.5 Å².